The first-order chi connectivity index (χ1) is 20.8. The highest BCUT2D eigenvalue weighted by atomic mass is 16.1. The number of fused-ring (bicyclic) bond motifs is 4. The van der Waals surface area contributed by atoms with Crippen molar-refractivity contribution in [2.45, 2.75) is 0 Å². The molecule has 0 aliphatic carbocycles. The topological polar surface area (TPSA) is 65.1 Å². The molecule has 0 radical (unpaired) electrons. The number of imidazole rings is 1. The quantitative estimate of drug-likeness (QED) is 0.230. The van der Waals surface area contributed by atoms with Gasteiger partial charge in [0.05, 0.1) is 16.7 Å². The predicted molar refractivity (Wildman–Crippen MR) is 168 cm³/mol. The van der Waals surface area contributed by atoms with Gasteiger partial charge >= 0.3 is 0 Å². The zero-order chi connectivity index (χ0) is 28.0. The van der Waals surface area contributed by atoms with E-state index in [-0.39, 0.29) is 5.56 Å². The fourth-order valence-electron chi connectivity index (χ4n) is 5.60. The highest BCUT2D eigenvalue weighted by Gasteiger charge is 2.22. The third kappa shape index (κ3) is 3.81. The van der Waals surface area contributed by atoms with Gasteiger partial charge < -0.3 is 0 Å². The van der Waals surface area contributed by atoms with Gasteiger partial charge in [-0.2, -0.15) is 4.98 Å². The first kappa shape index (κ1) is 24.0. The Morgan fingerprint density at radius 1 is 0.476 bits per heavy atom. The number of nitrogens with zero attached hydrogens (tertiary/aromatic N) is 5. The van der Waals surface area contributed by atoms with Crippen molar-refractivity contribution in [2.24, 2.45) is 0 Å². The minimum Gasteiger partial charge on any atom is -0.278 e. The molecule has 42 heavy (non-hydrogen) atoms. The van der Waals surface area contributed by atoms with E-state index in [4.69, 9.17) is 15.0 Å². The molecular weight excluding hydrogens is 518 g/mol. The summed E-state index contributed by atoms with van der Waals surface area (Å²) in [4.78, 5) is 29.4. The second-order valence-electron chi connectivity index (χ2n) is 10.1. The largest absolute Gasteiger partial charge is 0.278 e. The molecule has 3 aromatic heterocycles. The maximum atomic E-state index is 14.4. The summed E-state index contributed by atoms with van der Waals surface area (Å²) in [6.07, 6.45) is 0. The molecule has 0 spiro atoms. The van der Waals surface area contributed by atoms with Gasteiger partial charge in [0.15, 0.2) is 11.5 Å². The average molecular weight is 542 g/mol. The van der Waals surface area contributed by atoms with Crippen LogP contribution in [-0.4, -0.2) is 23.9 Å². The molecule has 0 aliphatic rings. The molecule has 0 saturated heterocycles. The molecule has 0 unspecified atom stereocenters. The van der Waals surface area contributed by atoms with Crippen molar-refractivity contribution < 1.29 is 0 Å². The standard InChI is InChI=1S/C36H23N5O/c42-35-31-32(26-14-6-2-7-15-26)37-33(27-22-20-25(21-23-27)24-12-4-1-5-13-24)38-34(31)39-36-40(28-16-8-3-9-17-28)29-18-10-11-19-30(29)41(35)36/h1-23H. The van der Waals surface area contributed by atoms with E-state index in [1.165, 1.54) is 0 Å². The van der Waals surface area contributed by atoms with Gasteiger partial charge in [0.2, 0.25) is 5.78 Å². The van der Waals surface area contributed by atoms with Crippen LogP contribution < -0.4 is 5.56 Å². The highest BCUT2D eigenvalue weighted by Crippen LogP contribution is 2.30. The lowest BCUT2D eigenvalue weighted by Crippen LogP contribution is -2.17. The Bertz CT molecular complexity index is 2290. The number of para-hydroxylation sites is 3. The summed E-state index contributed by atoms with van der Waals surface area (Å²) < 4.78 is 3.68. The SMILES string of the molecule is O=c1c2c(-c3ccccc3)nc(-c3ccc(-c4ccccc4)cc3)nc2nc2n(-c3ccccc3)c3ccccc3n12. The summed E-state index contributed by atoms with van der Waals surface area (Å²) >= 11 is 0. The molecule has 0 amide bonds. The normalized spacial score (nSPS) is 11.4. The lowest BCUT2D eigenvalue weighted by Gasteiger charge is -2.11. The second kappa shape index (κ2) is 9.64. The summed E-state index contributed by atoms with van der Waals surface area (Å²) in [6, 6.07) is 46.0. The van der Waals surface area contributed by atoms with Crippen LogP contribution >= 0.6 is 0 Å². The van der Waals surface area contributed by atoms with Crippen LogP contribution in [0.15, 0.2) is 144 Å². The minimum absolute atomic E-state index is 0.203. The molecule has 8 aromatic rings. The van der Waals surface area contributed by atoms with E-state index < -0.39 is 0 Å². The summed E-state index contributed by atoms with van der Waals surface area (Å²) in [7, 11) is 0. The Hall–Kier alpha value is -5.88. The third-order valence-corrected chi connectivity index (χ3v) is 7.59. The monoisotopic (exact) mass is 541 g/mol. The molecule has 0 aliphatic heterocycles. The zero-order valence-corrected chi connectivity index (χ0v) is 22.4. The first-order valence-electron chi connectivity index (χ1n) is 13.8. The van der Waals surface area contributed by atoms with Crippen LogP contribution in [0.5, 0.6) is 0 Å². The molecule has 3 heterocycles. The van der Waals surface area contributed by atoms with Crippen molar-refractivity contribution in [3.8, 4) is 39.5 Å². The molecule has 0 atom stereocenters. The summed E-state index contributed by atoms with van der Waals surface area (Å²) in [5.74, 6) is 1.02. The van der Waals surface area contributed by atoms with Crippen molar-refractivity contribution in [1.29, 1.82) is 0 Å². The molecule has 198 valence electrons. The van der Waals surface area contributed by atoms with E-state index in [1.807, 2.05) is 120 Å². The van der Waals surface area contributed by atoms with E-state index in [2.05, 4.69) is 24.3 Å². The molecule has 0 bridgehead atoms. The van der Waals surface area contributed by atoms with Crippen molar-refractivity contribution in [3.05, 3.63) is 150 Å². The Balaban J connectivity index is 1.44. The van der Waals surface area contributed by atoms with E-state index in [0.29, 0.717) is 28.3 Å². The van der Waals surface area contributed by atoms with Crippen LogP contribution in [0.2, 0.25) is 0 Å². The maximum Gasteiger partial charge on any atom is 0.271 e. The van der Waals surface area contributed by atoms with Crippen LogP contribution in [-0.2, 0) is 0 Å². The molecule has 8 rings (SSSR count). The number of benzene rings is 5. The molecular formula is C36H23N5O. The first-order valence-corrected chi connectivity index (χ1v) is 13.8. The minimum atomic E-state index is -0.203. The van der Waals surface area contributed by atoms with Gasteiger partial charge in [-0.05, 0) is 35.4 Å². The molecule has 0 saturated carbocycles. The van der Waals surface area contributed by atoms with Gasteiger partial charge in [0.1, 0.15) is 5.39 Å². The smallest absolute Gasteiger partial charge is 0.271 e. The lowest BCUT2D eigenvalue weighted by atomic mass is 10.0. The Labute approximate surface area is 240 Å². The molecule has 5 aromatic carbocycles. The van der Waals surface area contributed by atoms with Gasteiger partial charge in [-0.1, -0.05) is 115 Å². The van der Waals surface area contributed by atoms with Crippen molar-refractivity contribution in [2.75, 3.05) is 0 Å². The lowest BCUT2D eigenvalue weighted by molar-refractivity contribution is 1.03. The number of aromatic nitrogens is 5. The van der Waals surface area contributed by atoms with E-state index in [0.717, 1.165) is 39.0 Å². The van der Waals surface area contributed by atoms with Crippen molar-refractivity contribution >= 4 is 27.8 Å². The fraction of sp³-hybridized carbons (Fsp3) is 0. The van der Waals surface area contributed by atoms with Crippen molar-refractivity contribution in [3.63, 3.8) is 0 Å². The number of rotatable bonds is 4. The van der Waals surface area contributed by atoms with Crippen LogP contribution in [0.3, 0.4) is 0 Å². The average Bonchev–Trinajstić information content (AvgIpc) is 3.40. The van der Waals surface area contributed by atoms with Gasteiger partial charge in [-0.25, -0.2) is 14.4 Å². The van der Waals surface area contributed by atoms with Crippen LogP contribution in [0.25, 0.3) is 67.3 Å². The Morgan fingerprint density at radius 2 is 1.02 bits per heavy atom. The van der Waals surface area contributed by atoms with Gasteiger partial charge in [-0.3, -0.25) is 9.36 Å². The van der Waals surface area contributed by atoms with Gasteiger partial charge in [0, 0.05) is 16.8 Å². The van der Waals surface area contributed by atoms with Crippen molar-refractivity contribution in [1.82, 2.24) is 23.9 Å². The summed E-state index contributed by atoms with van der Waals surface area (Å²) in [5, 5.41) is 0.388. The third-order valence-electron chi connectivity index (χ3n) is 7.59. The zero-order valence-electron chi connectivity index (χ0n) is 22.4. The van der Waals surface area contributed by atoms with Gasteiger partial charge in [-0.15, -0.1) is 0 Å². The number of hydrogen-bond acceptors (Lipinski definition) is 4. The predicted octanol–water partition coefficient (Wildman–Crippen LogP) is 7.58. The second-order valence-corrected chi connectivity index (χ2v) is 10.1. The summed E-state index contributed by atoms with van der Waals surface area (Å²) in [5.41, 5.74) is 7.21. The molecule has 6 nitrogen and oxygen atoms in total. The van der Waals surface area contributed by atoms with Crippen LogP contribution in [0, 0.1) is 0 Å². The number of hydrogen-bond donors (Lipinski definition) is 0. The highest BCUT2D eigenvalue weighted by molar-refractivity contribution is 5.94. The Kier molecular flexibility index (Phi) is 5.50. The molecule has 0 N–H and O–H groups in total. The van der Waals surface area contributed by atoms with E-state index in [9.17, 15) is 4.79 Å². The Morgan fingerprint density at radius 3 is 1.71 bits per heavy atom. The molecule has 0 fully saturated rings. The van der Waals surface area contributed by atoms with E-state index >= 15 is 0 Å². The van der Waals surface area contributed by atoms with Crippen LogP contribution in [0.1, 0.15) is 0 Å². The van der Waals surface area contributed by atoms with Gasteiger partial charge in [0.25, 0.3) is 5.56 Å². The molecule has 6 heteroatoms. The van der Waals surface area contributed by atoms with Crippen LogP contribution in [0.4, 0.5) is 0 Å². The maximum absolute atomic E-state index is 14.4. The fourth-order valence-corrected chi connectivity index (χ4v) is 5.60. The summed E-state index contributed by atoms with van der Waals surface area (Å²) in [6.45, 7) is 0. The van der Waals surface area contributed by atoms with E-state index in [1.54, 1.807) is 4.40 Å².